The van der Waals surface area contributed by atoms with Crippen LogP contribution < -0.4 is 0 Å². The Hall–Kier alpha value is -3.40. The molecule has 2 heterocycles. The normalized spacial score (nSPS) is 18.2. The number of nitrogens with zero attached hydrogens (tertiary/aromatic N) is 3. The Kier molecular flexibility index (Phi) is 6.83. The number of aryl methyl sites for hydroxylation is 1. The summed E-state index contributed by atoms with van der Waals surface area (Å²) in [6.45, 7) is 7.08. The molecule has 2 aromatic rings. The third-order valence-electron chi connectivity index (χ3n) is 5.24. The number of benzene rings is 1. The summed E-state index contributed by atoms with van der Waals surface area (Å²) < 4.78 is 10.1. The van der Waals surface area contributed by atoms with Crippen molar-refractivity contribution in [2.24, 2.45) is 10.9 Å². The highest BCUT2D eigenvalue weighted by molar-refractivity contribution is 7.14. The Morgan fingerprint density at radius 1 is 1.22 bits per heavy atom. The highest BCUT2D eigenvalue weighted by Gasteiger charge is 2.43. The van der Waals surface area contributed by atoms with E-state index in [-0.39, 0.29) is 12.3 Å². The van der Waals surface area contributed by atoms with Crippen molar-refractivity contribution < 1.29 is 24.0 Å². The second-order valence-electron chi connectivity index (χ2n) is 7.20. The minimum atomic E-state index is -0.880. The predicted octanol–water partition coefficient (Wildman–Crippen LogP) is 4.31. The number of rotatable bonds is 6. The zero-order valence-corrected chi connectivity index (χ0v) is 19.2. The number of carbonyl (C=O) groups is 2. The van der Waals surface area contributed by atoms with Crippen LogP contribution in [-0.4, -0.2) is 41.3 Å². The minimum absolute atomic E-state index is 0.120. The van der Waals surface area contributed by atoms with Crippen LogP contribution in [0.1, 0.15) is 52.6 Å². The molecule has 0 N–H and O–H groups in total. The van der Waals surface area contributed by atoms with E-state index in [2.05, 4.69) is 9.98 Å². The molecule has 1 aliphatic heterocycles. The second-order valence-corrected chi connectivity index (χ2v) is 8.20. The number of ether oxygens (including phenoxy) is 2. The highest BCUT2D eigenvalue weighted by atomic mass is 32.1. The Labute approximate surface area is 188 Å². The molecule has 168 valence electrons. The fourth-order valence-electron chi connectivity index (χ4n) is 3.90. The summed E-state index contributed by atoms with van der Waals surface area (Å²) >= 11 is 1.12. The monoisotopic (exact) mass is 457 g/mol. The molecule has 2 unspecified atom stereocenters. The Morgan fingerprint density at radius 3 is 2.53 bits per heavy atom. The van der Waals surface area contributed by atoms with Gasteiger partial charge in [0.15, 0.2) is 0 Å². The van der Waals surface area contributed by atoms with Gasteiger partial charge in [-0.3, -0.25) is 19.9 Å². The fraction of sp³-hybridized carbons (Fsp3) is 0.364. The number of carbonyl (C=O) groups excluding carboxylic acids is 2. The SMILES string of the molecule is CCOC(=O)c1sc(C2=C(C)N=C(C)C(C(=O)OC)C2c2ccccc2[N+](=O)[O-])nc1C. The smallest absolute Gasteiger partial charge is 0.350 e. The van der Waals surface area contributed by atoms with Gasteiger partial charge in [0.2, 0.25) is 0 Å². The van der Waals surface area contributed by atoms with E-state index in [0.29, 0.717) is 38.1 Å². The number of para-hydroxylation sites is 1. The Bertz CT molecular complexity index is 1150. The van der Waals surface area contributed by atoms with Crippen molar-refractivity contribution in [2.75, 3.05) is 13.7 Å². The molecule has 0 bridgehead atoms. The summed E-state index contributed by atoms with van der Waals surface area (Å²) in [5.74, 6) is -2.69. The number of methoxy groups -OCH3 is 1. The molecule has 0 spiro atoms. The number of nitro groups is 1. The van der Waals surface area contributed by atoms with Gasteiger partial charge in [-0.2, -0.15) is 0 Å². The number of hydrogen-bond donors (Lipinski definition) is 0. The largest absolute Gasteiger partial charge is 0.468 e. The van der Waals surface area contributed by atoms with Crippen LogP contribution in [0, 0.1) is 23.0 Å². The van der Waals surface area contributed by atoms with Gasteiger partial charge in [0.25, 0.3) is 5.69 Å². The van der Waals surface area contributed by atoms with E-state index in [1.54, 1.807) is 45.9 Å². The van der Waals surface area contributed by atoms with E-state index in [9.17, 15) is 19.7 Å². The van der Waals surface area contributed by atoms with E-state index >= 15 is 0 Å². The van der Waals surface area contributed by atoms with Crippen LogP contribution in [0.15, 0.2) is 35.0 Å². The molecule has 2 atom stereocenters. The second kappa shape index (κ2) is 9.39. The van der Waals surface area contributed by atoms with Crippen molar-refractivity contribution in [3.05, 3.63) is 61.2 Å². The lowest BCUT2D eigenvalue weighted by Crippen LogP contribution is -2.33. The zero-order valence-electron chi connectivity index (χ0n) is 18.4. The summed E-state index contributed by atoms with van der Waals surface area (Å²) in [5.41, 5.74) is 2.30. The van der Waals surface area contributed by atoms with Crippen LogP contribution in [0.3, 0.4) is 0 Å². The summed E-state index contributed by atoms with van der Waals surface area (Å²) in [5, 5.41) is 12.3. The minimum Gasteiger partial charge on any atom is -0.468 e. The lowest BCUT2D eigenvalue weighted by atomic mass is 9.75. The van der Waals surface area contributed by atoms with Crippen LogP contribution in [-0.2, 0) is 14.3 Å². The van der Waals surface area contributed by atoms with Gasteiger partial charge < -0.3 is 9.47 Å². The lowest BCUT2D eigenvalue weighted by molar-refractivity contribution is -0.385. The molecule has 0 fully saturated rings. The van der Waals surface area contributed by atoms with Gasteiger partial charge >= 0.3 is 11.9 Å². The number of aromatic nitrogens is 1. The van der Waals surface area contributed by atoms with Gasteiger partial charge in [-0.05, 0) is 27.7 Å². The van der Waals surface area contributed by atoms with Crippen molar-refractivity contribution in [3.63, 3.8) is 0 Å². The molecule has 1 aromatic carbocycles. The first-order valence-corrected chi connectivity index (χ1v) is 10.7. The summed E-state index contributed by atoms with van der Waals surface area (Å²) in [6, 6.07) is 6.27. The summed E-state index contributed by atoms with van der Waals surface area (Å²) in [7, 11) is 1.27. The number of thiazole rings is 1. The highest BCUT2D eigenvalue weighted by Crippen LogP contribution is 2.48. The van der Waals surface area contributed by atoms with Crippen LogP contribution in [0.2, 0.25) is 0 Å². The van der Waals surface area contributed by atoms with Gasteiger partial charge in [0.05, 0.1) is 24.3 Å². The average Bonchev–Trinajstić information content (AvgIpc) is 3.14. The molecule has 3 rings (SSSR count). The fourth-order valence-corrected chi connectivity index (χ4v) is 4.99. The lowest BCUT2D eigenvalue weighted by Gasteiger charge is -2.31. The van der Waals surface area contributed by atoms with E-state index < -0.39 is 28.7 Å². The van der Waals surface area contributed by atoms with Crippen molar-refractivity contribution in [2.45, 2.75) is 33.6 Å². The predicted molar refractivity (Wildman–Crippen MR) is 120 cm³/mol. The molecular weight excluding hydrogens is 434 g/mol. The summed E-state index contributed by atoms with van der Waals surface area (Å²) in [4.78, 5) is 45.9. The number of nitro benzene ring substituents is 1. The van der Waals surface area contributed by atoms with Crippen LogP contribution in [0.4, 0.5) is 5.69 Å². The van der Waals surface area contributed by atoms with Gasteiger partial charge in [0.1, 0.15) is 15.8 Å². The molecule has 32 heavy (non-hydrogen) atoms. The first-order chi connectivity index (χ1) is 15.2. The van der Waals surface area contributed by atoms with Crippen LogP contribution in [0.5, 0.6) is 0 Å². The van der Waals surface area contributed by atoms with Crippen LogP contribution >= 0.6 is 11.3 Å². The third-order valence-corrected chi connectivity index (χ3v) is 6.41. The maximum Gasteiger partial charge on any atom is 0.350 e. The van der Waals surface area contributed by atoms with Gasteiger partial charge in [0, 0.05) is 34.5 Å². The third kappa shape index (κ3) is 4.18. The Balaban J connectivity index is 2.28. The van der Waals surface area contributed by atoms with Crippen molar-refractivity contribution in [1.29, 1.82) is 0 Å². The maximum absolute atomic E-state index is 12.8. The molecule has 0 saturated carbocycles. The van der Waals surface area contributed by atoms with Gasteiger partial charge in [-0.1, -0.05) is 18.2 Å². The molecule has 1 aromatic heterocycles. The van der Waals surface area contributed by atoms with E-state index in [1.807, 2.05) is 0 Å². The number of hydrogen-bond acceptors (Lipinski definition) is 9. The molecule has 9 nitrogen and oxygen atoms in total. The number of allylic oxidation sites excluding steroid dienone is 2. The van der Waals surface area contributed by atoms with Gasteiger partial charge in [-0.15, -0.1) is 11.3 Å². The quantitative estimate of drug-likeness (QED) is 0.360. The molecule has 0 amide bonds. The summed E-state index contributed by atoms with van der Waals surface area (Å²) in [6.07, 6.45) is 0. The maximum atomic E-state index is 12.8. The molecule has 1 aliphatic rings. The van der Waals surface area contributed by atoms with Crippen molar-refractivity contribution in [3.8, 4) is 0 Å². The van der Waals surface area contributed by atoms with Crippen LogP contribution in [0.25, 0.3) is 5.57 Å². The molecule has 0 saturated heterocycles. The first-order valence-electron chi connectivity index (χ1n) is 9.93. The zero-order chi connectivity index (χ0) is 23.6. The van der Waals surface area contributed by atoms with Crippen molar-refractivity contribution in [1.82, 2.24) is 4.98 Å². The molecule has 0 aliphatic carbocycles. The average molecular weight is 458 g/mol. The molecule has 10 heteroatoms. The van der Waals surface area contributed by atoms with E-state index in [1.165, 1.54) is 13.2 Å². The number of esters is 2. The molecule has 0 radical (unpaired) electrons. The first kappa shape index (κ1) is 23.3. The molecular formula is C22H23N3O6S. The number of aliphatic imine (C=N–C) groups is 1. The van der Waals surface area contributed by atoms with Gasteiger partial charge in [-0.25, -0.2) is 9.78 Å². The van der Waals surface area contributed by atoms with Crippen molar-refractivity contribution >= 4 is 40.2 Å². The topological polar surface area (TPSA) is 121 Å². The Morgan fingerprint density at radius 2 is 1.91 bits per heavy atom. The standard InChI is InChI=1S/C22H23N3O6S/c1-6-31-22(27)19-13(4)24-20(32-19)16-11(2)23-12(3)17(21(26)30-5)18(16)14-9-7-8-10-15(14)25(28)29/h7-10,17-18H,6H2,1-5H3. The van der Waals surface area contributed by atoms with E-state index in [0.717, 1.165) is 11.3 Å². The van der Waals surface area contributed by atoms with E-state index in [4.69, 9.17) is 9.47 Å².